The molecule has 1 spiro atoms. The summed E-state index contributed by atoms with van der Waals surface area (Å²) >= 11 is 0. The Morgan fingerprint density at radius 3 is 2.38 bits per heavy atom. The van der Waals surface area contributed by atoms with E-state index in [1.54, 1.807) is 28.4 Å². The average molecular weight is 454 g/mol. The number of methoxy groups -OCH3 is 4. The maximum Gasteiger partial charge on any atom is 0.0796 e. The summed E-state index contributed by atoms with van der Waals surface area (Å²) in [5, 5.41) is 35.5. The number of aliphatic hydroxyl groups excluding tert-OH is 2. The first kappa shape index (κ1) is 22.2. The van der Waals surface area contributed by atoms with Crippen LogP contribution in [-0.4, -0.2) is 111 Å². The van der Waals surface area contributed by atoms with Crippen molar-refractivity contribution < 1.29 is 34.3 Å². The van der Waals surface area contributed by atoms with E-state index in [9.17, 15) is 15.3 Å². The van der Waals surface area contributed by atoms with Crippen LogP contribution in [0, 0.1) is 40.4 Å². The van der Waals surface area contributed by atoms with Crippen molar-refractivity contribution in [3.05, 3.63) is 0 Å². The van der Waals surface area contributed by atoms with Gasteiger partial charge in [0.25, 0.3) is 0 Å². The molecule has 8 nitrogen and oxygen atoms in total. The molecule has 1 aliphatic heterocycles. The van der Waals surface area contributed by atoms with Crippen molar-refractivity contribution in [2.75, 3.05) is 48.6 Å². The molecule has 6 fully saturated rings. The molecule has 0 aromatic carbocycles. The van der Waals surface area contributed by atoms with Gasteiger partial charge in [0.1, 0.15) is 0 Å². The van der Waals surface area contributed by atoms with Crippen LogP contribution in [0.15, 0.2) is 0 Å². The summed E-state index contributed by atoms with van der Waals surface area (Å²) in [6.07, 6.45) is 0.0537. The molecule has 0 amide bonds. The largest absolute Gasteiger partial charge is 0.392 e. The molecular weight excluding hydrogens is 414 g/mol. The Morgan fingerprint density at radius 1 is 1.00 bits per heavy atom. The van der Waals surface area contributed by atoms with Gasteiger partial charge in [-0.3, -0.25) is 0 Å². The first-order valence-corrected chi connectivity index (χ1v) is 12.1. The van der Waals surface area contributed by atoms with Crippen molar-refractivity contribution in [1.82, 2.24) is 4.90 Å². The van der Waals surface area contributed by atoms with Gasteiger partial charge in [0.2, 0.25) is 0 Å². The number of hydrogen-bond donors (Lipinski definition) is 3. The van der Waals surface area contributed by atoms with Crippen LogP contribution in [0.3, 0.4) is 0 Å². The molecule has 1 heterocycles. The highest BCUT2D eigenvalue weighted by molar-refractivity contribution is 5.36. The number of fused-ring (bicyclic) bond motifs is 2. The molecule has 6 rings (SSSR count). The molecule has 6 aliphatic rings. The topological polar surface area (TPSA) is 101 Å². The lowest BCUT2D eigenvalue weighted by Gasteiger charge is -2.69. The third-order valence-corrected chi connectivity index (χ3v) is 11.2. The number of aliphatic hydroxyl groups is 3. The number of likely N-dealkylation sites (tertiary alicyclic amines) is 1. The highest BCUT2D eigenvalue weighted by atomic mass is 16.5. The van der Waals surface area contributed by atoms with Crippen molar-refractivity contribution in [1.29, 1.82) is 0 Å². The lowest BCUT2D eigenvalue weighted by atomic mass is 9.42. The Labute approximate surface area is 190 Å². The smallest absolute Gasteiger partial charge is 0.0796 e. The summed E-state index contributed by atoms with van der Waals surface area (Å²) in [7, 11) is 8.99. The molecule has 0 aromatic rings. The van der Waals surface area contributed by atoms with Gasteiger partial charge in [-0.25, -0.2) is 0 Å². The van der Waals surface area contributed by atoms with Gasteiger partial charge >= 0.3 is 0 Å². The maximum absolute atomic E-state index is 12.5. The molecule has 32 heavy (non-hydrogen) atoms. The predicted octanol–water partition coefficient (Wildman–Crippen LogP) is -0.263. The standard InChI is InChI=1S/C24H39NO7/c1-25-9-22(10-29-2)14(26)7-15(31-4)24-12-6-11-13(30-3)8-23(28,16(12)18(11)27)17(21(24)25)19(32-5)20(22)24/h11-21,26-28H,6-10H2,1-5H3/t11?,12-,13+,14-,15+,16-,17?,18+,19+,20-,21?,22+,23?,24?/m1/s1. The first-order valence-electron chi connectivity index (χ1n) is 12.1. The summed E-state index contributed by atoms with van der Waals surface area (Å²) in [5.41, 5.74) is -1.93. The van der Waals surface area contributed by atoms with Crippen molar-refractivity contribution in [2.45, 2.75) is 61.4 Å². The lowest BCUT2D eigenvalue weighted by Crippen LogP contribution is -2.78. The number of piperidine rings is 1. The third-order valence-electron chi connectivity index (χ3n) is 11.2. The van der Waals surface area contributed by atoms with Crippen LogP contribution in [0.25, 0.3) is 0 Å². The number of rotatable bonds is 5. The van der Waals surface area contributed by atoms with Crippen LogP contribution < -0.4 is 0 Å². The summed E-state index contributed by atoms with van der Waals surface area (Å²) in [4.78, 5) is 2.35. The minimum absolute atomic E-state index is 0.0113. The SMILES string of the molecule is COC[C@]12CN(C)C3C4[C@H](OC)[C@H]1C3([C@@H](OC)C[C@H]2O)[C@@H]1CC2[C@@H](OC)CC4(O)[C@H]1[C@H]2O. The fourth-order valence-corrected chi connectivity index (χ4v) is 10.8. The zero-order valence-electron chi connectivity index (χ0n) is 19.8. The van der Waals surface area contributed by atoms with Crippen molar-refractivity contribution in [3.8, 4) is 0 Å². The summed E-state index contributed by atoms with van der Waals surface area (Å²) in [6.45, 7) is 1.13. The molecule has 3 N–H and O–H groups in total. The molecule has 1 saturated heterocycles. The van der Waals surface area contributed by atoms with Gasteiger partial charge in [0.05, 0.1) is 42.7 Å². The monoisotopic (exact) mass is 453 g/mol. The third kappa shape index (κ3) is 2.11. The fraction of sp³-hybridized carbons (Fsp3) is 1.00. The zero-order chi connectivity index (χ0) is 22.8. The van der Waals surface area contributed by atoms with Gasteiger partial charge in [0, 0.05) is 88.4 Å². The van der Waals surface area contributed by atoms with E-state index < -0.39 is 23.2 Å². The number of hydrogen-bond acceptors (Lipinski definition) is 8. The van der Waals surface area contributed by atoms with Crippen LogP contribution >= 0.6 is 0 Å². The second-order valence-corrected chi connectivity index (χ2v) is 11.7. The van der Waals surface area contributed by atoms with Crippen LogP contribution in [0.2, 0.25) is 0 Å². The van der Waals surface area contributed by atoms with Crippen LogP contribution in [0.1, 0.15) is 19.3 Å². The lowest BCUT2D eigenvalue weighted by molar-refractivity contribution is -0.293. The minimum atomic E-state index is -1.09. The molecule has 14 atom stereocenters. The maximum atomic E-state index is 12.5. The molecule has 0 aromatic heterocycles. The molecule has 5 unspecified atom stereocenters. The van der Waals surface area contributed by atoms with E-state index in [-0.39, 0.29) is 59.4 Å². The van der Waals surface area contributed by atoms with Gasteiger partial charge in [0.15, 0.2) is 0 Å². The molecular formula is C24H39NO7. The molecule has 182 valence electrons. The van der Waals surface area contributed by atoms with Gasteiger partial charge < -0.3 is 39.2 Å². The molecule has 5 aliphatic carbocycles. The zero-order valence-corrected chi connectivity index (χ0v) is 19.8. The predicted molar refractivity (Wildman–Crippen MR) is 114 cm³/mol. The highest BCUT2D eigenvalue weighted by Gasteiger charge is 2.87. The number of nitrogens with zero attached hydrogens (tertiary/aromatic N) is 1. The quantitative estimate of drug-likeness (QED) is 0.524. The van der Waals surface area contributed by atoms with E-state index in [1.165, 1.54) is 0 Å². The van der Waals surface area contributed by atoms with E-state index in [1.807, 2.05) is 0 Å². The van der Waals surface area contributed by atoms with Crippen molar-refractivity contribution in [2.24, 2.45) is 40.4 Å². The summed E-state index contributed by atoms with van der Waals surface area (Å²) < 4.78 is 24.1. The first-order chi connectivity index (χ1) is 15.3. The molecule has 7 bridgehead atoms. The van der Waals surface area contributed by atoms with Crippen molar-refractivity contribution in [3.63, 3.8) is 0 Å². The average Bonchev–Trinajstić information content (AvgIpc) is 3.18. The molecule has 5 saturated carbocycles. The Kier molecular flexibility index (Phi) is 4.76. The summed E-state index contributed by atoms with van der Waals surface area (Å²) in [6, 6.07) is 0.0488. The minimum Gasteiger partial charge on any atom is -0.392 e. The Bertz CT molecular complexity index is 783. The van der Waals surface area contributed by atoms with Gasteiger partial charge in [-0.15, -0.1) is 0 Å². The van der Waals surface area contributed by atoms with E-state index in [0.29, 0.717) is 26.0 Å². The second-order valence-electron chi connectivity index (χ2n) is 11.7. The van der Waals surface area contributed by atoms with Gasteiger partial charge in [-0.2, -0.15) is 0 Å². The normalized spacial score (nSPS) is 62.4. The Morgan fingerprint density at radius 2 is 1.75 bits per heavy atom. The Balaban J connectivity index is 1.64. The van der Waals surface area contributed by atoms with E-state index >= 15 is 0 Å². The van der Waals surface area contributed by atoms with Crippen LogP contribution in [-0.2, 0) is 18.9 Å². The highest BCUT2D eigenvalue weighted by Crippen LogP contribution is 2.79. The van der Waals surface area contributed by atoms with Gasteiger partial charge in [-0.05, 0) is 19.4 Å². The van der Waals surface area contributed by atoms with Crippen LogP contribution in [0.4, 0.5) is 0 Å². The fourth-order valence-electron chi connectivity index (χ4n) is 10.8. The molecule has 0 radical (unpaired) electrons. The molecule has 8 heteroatoms. The second kappa shape index (κ2) is 6.88. The van der Waals surface area contributed by atoms with Crippen molar-refractivity contribution >= 4 is 0 Å². The van der Waals surface area contributed by atoms with Gasteiger partial charge in [-0.1, -0.05) is 0 Å². The van der Waals surface area contributed by atoms with E-state index in [2.05, 4.69) is 11.9 Å². The Hall–Kier alpha value is -0.320. The van der Waals surface area contributed by atoms with E-state index in [4.69, 9.17) is 18.9 Å². The summed E-state index contributed by atoms with van der Waals surface area (Å²) in [5.74, 6) is -0.377. The van der Waals surface area contributed by atoms with Crippen LogP contribution in [0.5, 0.6) is 0 Å². The van der Waals surface area contributed by atoms with E-state index in [0.717, 1.165) is 6.42 Å². The number of ether oxygens (including phenoxy) is 4.